The van der Waals surface area contributed by atoms with Crippen molar-refractivity contribution < 1.29 is 35.9 Å². The van der Waals surface area contributed by atoms with Crippen molar-refractivity contribution >= 4 is 61.9 Å². The summed E-state index contributed by atoms with van der Waals surface area (Å²) in [4.78, 5) is 26.3. The number of hydrogen-bond acceptors (Lipinski definition) is 5. The Hall–Kier alpha value is -2.11. The summed E-state index contributed by atoms with van der Waals surface area (Å²) < 4.78 is 70.0. The molecule has 1 fully saturated rings. The van der Waals surface area contributed by atoms with E-state index in [1.54, 1.807) is 6.07 Å². The number of fused-ring (bicyclic) bond motifs is 2. The van der Waals surface area contributed by atoms with Crippen molar-refractivity contribution in [2.45, 2.75) is 18.4 Å². The lowest BCUT2D eigenvalue weighted by Gasteiger charge is -2.47. The number of sulfone groups is 1. The third kappa shape index (κ3) is 5.28. The van der Waals surface area contributed by atoms with Crippen LogP contribution in [-0.4, -0.2) is 56.3 Å². The first kappa shape index (κ1) is 26.9. The van der Waals surface area contributed by atoms with Gasteiger partial charge in [0.2, 0.25) is 5.91 Å². The highest BCUT2D eigenvalue weighted by atomic mass is 35.5. The van der Waals surface area contributed by atoms with E-state index in [1.807, 2.05) is 0 Å². The molecule has 13 heteroatoms. The third-order valence-electron chi connectivity index (χ3n) is 5.89. The Labute approximate surface area is 219 Å². The molecule has 2 aromatic rings. The predicted molar refractivity (Wildman–Crippen MR) is 129 cm³/mol. The lowest BCUT2D eigenvalue weighted by Crippen LogP contribution is -2.62. The number of likely N-dealkylation sites (tertiary alicyclic amines) is 1. The Morgan fingerprint density at radius 3 is 2.25 bits per heavy atom. The molecular weight excluding hydrogens is 566 g/mol. The van der Waals surface area contributed by atoms with Gasteiger partial charge < -0.3 is 9.64 Å². The predicted octanol–water partition coefficient (Wildman–Crippen LogP) is 5.09. The summed E-state index contributed by atoms with van der Waals surface area (Å²) in [5.41, 5.74) is -1.19. The third-order valence-corrected chi connectivity index (χ3v) is 7.86. The number of ketones is 1. The summed E-state index contributed by atoms with van der Waals surface area (Å²) >= 11 is 17.6. The molecule has 6 nitrogen and oxygen atoms in total. The first-order chi connectivity index (χ1) is 16.6. The second-order valence-corrected chi connectivity index (χ2v) is 12.0. The first-order valence-corrected chi connectivity index (χ1v) is 13.5. The van der Waals surface area contributed by atoms with Crippen LogP contribution in [-0.2, 0) is 31.6 Å². The van der Waals surface area contributed by atoms with Gasteiger partial charge in [0.05, 0.1) is 40.3 Å². The zero-order chi connectivity index (χ0) is 26.6. The summed E-state index contributed by atoms with van der Waals surface area (Å²) in [5.74, 6) is -2.05. The van der Waals surface area contributed by atoms with Crippen LogP contribution in [0.25, 0.3) is 5.57 Å². The van der Waals surface area contributed by atoms with Gasteiger partial charge in [0, 0.05) is 11.8 Å². The number of benzene rings is 2. The molecule has 0 aromatic heterocycles. The molecule has 1 saturated heterocycles. The number of allylic oxidation sites excluding steroid dienone is 2. The van der Waals surface area contributed by atoms with Crippen LogP contribution in [0.5, 0.6) is 0 Å². The van der Waals surface area contributed by atoms with Crippen molar-refractivity contribution in [1.29, 1.82) is 0 Å². The quantitative estimate of drug-likeness (QED) is 0.279. The van der Waals surface area contributed by atoms with Gasteiger partial charge >= 0.3 is 6.18 Å². The van der Waals surface area contributed by atoms with Crippen LogP contribution in [0.4, 0.5) is 13.2 Å². The Morgan fingerprint density at radius 2 is 1.69 bits per heavy atom. The van der Waals surface area contributed by atoms with E-state index >= 15 is 0 Å². The van der Waals surface area contributed by atoms with Crippen molar-refractivity contribution in [3.05, 3.63) is 73.7 Å². The summed E-state index contributed by atoms with van der Waals surface area (Å²) in [5, 5.41) is -0.479. The molecule has 0 N–H and O–H groups in total. The fourth-order valence-corrected chi connectivity index (χ4v) is 5.41. The van der Waals surface area contributed by atoms with Gasteiger partial charge in [0.25, 0.3) is 0 Å². The van der Waals surface area contributed by atoms with Gasteiger partial charge in [-0.25, -0.2) is 8.42 Å². The smallest absolute Gasteiger partial charge is 0.362 e. The molecule has 0 radical (unpaired) electrons. The Morgan fingerprint density at radius 1 is 1.08 bits per heavy atom. The van der Waals surface area contributed by atoms with E-state index in [9.17, 15) is 31.2 Å². The molecule has 4 rings (SSSR count). The Kier molecular flexibility index (Phi) is 6.98. The topological polar surface area (TPSA) is 80.8 Å². The molecule has 36 heavy (non-hydrogen) atoms. The summed E-state index contributed by atoms with van der Waals surface area (Å²) in [7, 11) is -3.48. The van der Waals surface area contributed by atoms with E-state index < -0.39 is 50.2 Å². The maximum atomic E-state index is 13.8. The normalized spacial score (nSPS) is 17.2. The van der Waals surface area contributed by atoms with E-state index in [0.717, 1.165) is 18.4 Å². The zero-order valence-electron chi connectivity index (χ0n) is 18.5. The number of carbonyl (C=O) groups is 2. The van der Waals surface area contributed by atoms with Gasteiger partial charge in [-0.3, -0.25) is 9.59 Å². The summed E-state index contributed by atoms with van der Waals surface area (Å²) in [6.07, 6.45) is -3.44. The highest BCUT2D eigenvalue weighted by molar-refractivity contribution is 7.91. The largest absolute Gasteiger partial charge is 0.417 e. The Bertz CT molecular complexity index is 1390. The lowest BCUT2D eigenvalue weighted by atomic mass is 9.84. The van der Waals surface area contributed by atoms with Crippen LogP contribution in [0.3, 0.4) is 0 Å². The minimum Gasteiger partial charge on any atom is -0.362 e. The average Bonchev–Trinajstić information content (AvgIpc) is 3.11. The molecule has 1 amide bonds. The number of alkyl halides is 3. The fourth-order valence-electron chi connectivity index (χ4n) is 4.18. The number of nitrogens with zero attached hydrogens (tertiary/aromatic N) is 1. The van der Waals surface area contributed by atoms with E-state index in [0.29, 0.717) is 17.2 Å². The molecule has 1 spiro atoms. The SMILES string of the molecule is CS(=O)(=O)CC(=O)N1CC2(C1)OCc1cc(C(=O)C=C(c3cc(Cl)c(Cl)c(Cl)c3)C(F)(F)F)ccc12. The highest BCUT2D eigenvalue weighted by Crippen LogP contribution is 2.44. The van der Waals surface area contributed by atoms with Crippen LogP contribution in [0.1, 0.15) is 27.0 Å². The van der Waals surface area contributed by atoms with Crippen molar-refractivity contribution in [3.63, 3.8) is 0 Å². The average molecular weight is 583 g/mol. The molecule has 2 aliphatic heterocycles. The monoisotopic (exact) mass is 581 g/mol. The number of hydrogen-bond donors (Lipinski definition) is 0. The Balaban J connectivity index is 1.58. The minimum absolute atomic E-state index is 0.00615. The highest BCUT2D eigenvalue weighted by Gasteiger charge is 2.51. The number of rotatable bonds is 5. The van der Waals surface area contributed by atoms with E-state index in [4.69, 9.17) is 39.5 Å². The van der Waals surface area contributed by atoms with Gasteiger partial charge in [-0.2, -0.15) is 13.2 Å². The number of ether oxygens (including phenoxy) is 1. The van der Waals surface area contributed by atoms with Gasteiger partial charge in [-0.05, 0) is 41.0 Å². The molecule has 0 bridgehead atoms. The standard InChI is InChI=1S/C23H17Cl3F3NO5S/c1-36(33,34)9-20(32)30-10-22(11-30)15-3-2-12(4-14(15)8-35-22)19(31)7-16(23(27,28)29)13-5-17(24)21(26)18(25)6-13/h2-7H,8-11H2,1H3. The second kappa shape index (κ2) is 9.33. The lowest BCUT2D eigenvalue weighted by molar-refractivity contribution is -0.166. The minimum atomic E-state index is -4.88. The van der Waals surface area contributed by atoms with Crippen LogP contribution < -0.4 is 0 Å². The second-order valence-electron chi connectivity index (χ2n) is 8.65. The zero-order valence-corrected chi connectivity index (χ0v) is 21.5. The molecule has 2 aliphatic rings. The van der Waals surface area contributed by atoms with Gasteiger partial charge in [-0.15, -0.1) is 0 Å². The molecule has 0 aliphatic carbocycles. The number of carbonyl (C=O) groups excluding carboxylic acids is 2. The maximum absolute atomic E-state index is 13.8. The van der Waals surface area contributed by atoms with E-state index in [-0.39, 0.29) is 40.3 Å². The number of halogens is 6. The van der Waals surface area contributed by atoms with Crippen molar-refractivity contribution in [1.82, 2.24) is 4.90 Å². The van der Waals surface area contributed by atoms with Crippen molar-refractivity contribution in [2.24, 2.45) is 0 Å². The first-order valence-electron chi connectivity index (χ1n) is 10.3. The van der Waals surface area contributed by atoms with Crippen molar-refractivity contribution in [2.75, 3.05) is 25.1 Å². The maximum Gasteiger partial charge on any atom is 0.417 e. The van der Waals surface area contributed by atoms with E-state index in [2.05, 4.69) is 0 Å². The fraction of sp³-hybridized carbons (Fsp3) is 0.304. The van der Waals surface area contributed by atoms with Gasteiger partial charge in [0.1, 0.15) is 11.4 Å². The molecule has 2 aromatic carbocycles. The molecular formula is C23H17Cl3F3NO5S. The van der Waals surface area contributed by atoms with Crippen molar-refractivity contribution in [3.8, 4) is 0 Å². The molecule has 2 heterocycles. The molecule has 0 unspecified atom stereocenters. The van der Waals surface area contributed by atoms with Crippen LogP contribution in [0.15, 0.2) is 36.4 Å². The molecule has 0 atom stereocenters. The van der Waals surface area contributed by atoms with Gasteiger partial charge in [-0.1, -0.05) is 46.9 Å². The van der Waals surface area contributed by atoms with Gasteiger partial charge in [0.15, 0.2) is 15.6 Å². The number of amides is 1. The molecule has 192 valence electrons. The van der Waals surface area contributed by atoms with Crippen LogP contribution >= 0.6 is 34.8 Å². The van der Waals surface area contributed by atoms with E-state index in [1.165, 1.54) is 17.0 Å². The van der Waals surface area contributed by atoms with Crippen LogP contribution in [0.2, 0.25) is 15.1 Å². The summed E-state index contributed by atoms with van der Waals surface area (Å²) in [6, 6.07) is 6.36. The summed E-state index contributed by atoms with van der Waals surface area (Å²) in [6.45, 7) is 0.360. The van der Waals surface area contributed by atoms with Crippen LogP contribution in [0, 0.1) is 0 Å². The molecule has 0 saturated carbocycles.